The second-order valence-electron chi connectivity index (χ2n) is 4.06. The van der Waals surface area contributed by atoms with Crippen molar-refractivity contribution < 1.29 is 0 Å². The number of nitrogens with one attached hydrogen (secondary N) is 1. The molecule has 0 aliphatic rings. The Morgan fingerprint density at radius 1 is 0.733 bits per heavy atom. The molecule has 15 heavy (non-hydrogen) atoms. The first-order valence-electron chi connectivity index (χ1n) is 6.13. The Bertz CT molecular complexity index is 91.0. The molecular formula is C12H31N3. The van der Waals surface area contributed by atoms with Gasteiger partial charge in [-0.2, -0.15) is 0 Å². The van der Waals surface area contributed by atoms with Crippen LogP contribution in [0.1, 0.15) is 26.7 Å². The first kappa shape index (κ1) is 17.3. The van der Waals surface area contributed by atoms with E-state index in [1.165, 1.54) is 25.9 Å². The molecular weight excluding hydrogens is 186 g/mol. The molecule has 0 saturated carbocycles. The molecule has 0 fully saturated rings. The van der Waals surface area contributed by atoms with Gasteiger partial charge < -0.3 is 15.1 Å². The van der Waals surface area contributed by atoms with Crippen molar-refractivity contribution in [2.75, 3.05) is 54.4 Å². The fourth-order valence-corrected chi connectivity index (χ4v) is 1.17. The summed E-state index contributed by atoms with van der Waals surface area (Å²) in [5.41, 5.74) is 0. The van der Waals surface area contributed by atoms with E-state index in [2.05, 4.69) is 43.3 Å². The molecule has 0 bridgehead atoms. The number of rotatable bonds is 8. The zero-order chi connectivity index (χ0) is 12.1. The predicted octanol–water partition coefficient (Wildman–Crippen LogP) is 1.51. The quantitative estimate of drug-likeness (QED) is 0.622. The summed E-state index contributed by atoms with van der Waals surface area (Å²) in [7, 11) is 8.47. The average Bonchev–Trinajstić information content (AvgIpc) is 2.18. The summed E-state index contributed by atoms with van der Waals surface area (Å²) < 4.78 is 0. The summed E-state index contributed by atoms with van der Waals surface area (Å²) in [6.45, 7) is 8.65. The van der Waals surface area contributed by atoms with Crippen LogP contribution in [-0.4, -0.2) is 64.2 Å². The number of hydrogen-bond donors (Lipinski definition) is 1. The van der Waals surface area contributed by atoms with E-state index in [9.17, 15) is 0 Å². The molecule has 3 nitrogen and oxygen atoms in total. The van der Waals surface area contributed by atoms with Gasteiger partial charge in [-0.15, -0.1) is 0 Å². The van der Waals surface area contributed by atoms with Crippen molar-refractivity contribution in [1.29, 1.82) is 0 Å². The largest absolute Gasteiger partial charge is 0.317 e. The summed E-state index contributed by atoms with van der Waals surface area (Å²) in [6, 6.07) is 0. The van der Waals surface area contributed by atoms with Gasteiger partial charge in [0.1, 0.15) is 0 Å². The minimum Gasteiger partial charge on any atom is -0.317 e. The Balaban J connectivity index is 0. The van der Waals surface area contributed by atoms with Gasteiger partial charge in [0, 0.05) is 0 Å². The van der Waals surface area contributed by atoms with Gasteiger partial charge in [-0.1, -0.05) is 13.8 Å². The maximum Gasteiger partial charge on any atom is -0.00127 e. The van der Waals surface area contributed by atoms with E-state index in [1.54, 1.807) is 0 Å². The summed E-state index contributed by atoms with van der Waals surface area (Å²) in [5.74, 6) is 0. The fraction of sp³-hybridized carbons (Fsp3) is 1.00. The lowest BCUT2D eigenvalue weighted by Crippen LogP contribution is -2.24. The summed E-state index contributed by atoms with van der Waals surface area (Å²) in [5, 5.41) is 3.44. The predicted molar refractivity (Wildman–Crippen MR) is 70.6 cm³/mol. The van der Waals surface area contributed by atoms with Crippen molar-refractivity contribution in [2.24, 2.45) is 0 Å². The highest BCUT2D eigenvalue weighted by molar-refractivity contribution is 4.52. The highest BCUT2D eigenvalue weighted by Gasteiger charge is 1.92. The Labute approximate surface area is 96.8 Å². The minimum absolute atomic E-state index is 1.14. The maximum absolute atomic E-state index is 3.44. The Morgan fingerprint density at radius 2 is 1.07 bits per heavy atom. The van der Waals surface area contributed by atoms with Crippen LogP contribution in [0.25, 0.3) is 0 Å². The van der Waals surface area contributed by atoms with Gasteiger partial charge in [0.15, 0.2) is 0 Å². The van der Waals surface area contributed by atoms with Gasteiger partial charge in [-0.05, 0) is 67.2 Å². The van der Waals surface area contributed by atoms with E-state index in [0.29, 0.717) is 0 Å². The molecule has 0 aromatic rings. The highest BCUT2D eigenvalue weighted by Crippen LogP contribution is 1.83. The molecule has 94 valence electrons. The summed E-state index contributed by atoms with van der Waals surface area (Å²) in [6.07, 6.45) is 2.49. The topological polar surface area (TPSA) is 18.5 Å². The molecule has 0 unspecified atom stereocenters. The van der Waals surface area contributed by atoms with E-state index in [4.69, 9.17) is 0 Å². The number of hydrogen-bond acceptors (Lipinski definition) is 3. The van der Waals surface area contributed by atoms with Gasteiger partial charge in [-0.3, -0.25) is 0 Å². The molecule has 0 aromatic carbocycles. The molecule has 1 N–H and O–H groups in total. The Hall–Kier alpha value is -0.120. The van der Waals surface area contributed by atoms with Crippen molar-refractivity contribution in [2.45, 2.75) is 26.7 Å². The SMILES string of the molecule is CC.CN(C)CCCNCCCN(C)C. The van der Waals surface area contributed by atoms with Crippen molar-refractivity contribution in [3.63, 3.8) is 0 Å². The van der Waals surface area contributed by atoms with E-state index in [-0.39, 0.29) is 0 Å². The van der Waals surface area contributed by atoms with E-state index >= 15 is 0 Å². The molecule has 0 amide bonds. The van der Waals surface area contributed by atoms with Crippen LogP contribution in [0.15, 0.2) is 0 Å². The van der Waals surface area contributed by atoms with Crippen LogP contribution in [0.3, 0.4) is 0 Å². The minimum atomic E-state index is 1.14. The highest BCUT2D eigenvalue weighted by atomic mass is 15.1. The van der Waals surface area contributed by atoms with Crippen LogP contribution >= 0.6 is 0 Å². The lowest BCUT2D eigenvalue weighted by Gasteiger charge is -2.11. The third-order valence-corrected chi connectivity index (χ3v) is 1.92. The number of nitrogens with zero attached hydrogens (tertiary/aromatic N) is 2. The van der Waals surface area contributed by atoms with E-state index in [1.807, 2.05) is 13.8 Å². The first-order chi connectivity index (χ1) is 7.13. The zero-order valence-corrected chi connectivity index (χ0v) is 11.6. The molecule has 0 heterocycles. The summed E-state index contributed by atoms with van der Waals surface area (Å²) >= 11 is 0. The molecule has 0 radical (unpaired) electrons. The Morgan fingerprint density at radius 3 is 1.33 bits per heavy atom. The van der Waals surface area contributed by atoms with Crippen LogP contribution in [-0.2, 0) is 0 Å². The van der Waals surface area contributed by atoms with Gasteiger partial charge in [0.25, 0.3) is 0 Å². The molecule has 0 aliphatic carbocycles. The first-order valence-corrected chi connectivity index (χ1v) is 6.13. The van der Waals surface area contributed by atoms with Crippen LogP contribution in [0.5, 0.6) is 0 Å². The lowest BCUT2D eigenvalue weighted by molar-refractivity contribution is 0.380. The maximum atomic E-state index is 3.44. The van der Waals surface area contributed by atoms with Crippen molar-refractivity contribution in [1.82, 2.24) is 15.1 Å². The lowest BCUT2D eigenvalue weighted by atomic mass is 10.3. The molecule has 0 spiro atoms. The van der Waals surface area contributed by atoms with Crippen molar-refractivity contribution in [3.8, 4) is 0 Å². The molecule has 3 heteroatoms. The third-order valence-electron chi connectivity index (χ3n) is 1.92. The molecule has 0 rings (SSSR count). The average molecular weight is 217 g/mol. The molecule has 0 saturated heterocycles. The van der Waals surface area contributed by atoms with Gasteiger partial charge in [0.2, 0.25) is 0 Å². The van der Waals surface area contributed by atoms with Crippen LogP contribution in [0, 0.1) is 0 Å². The van der Waals surface area contributed by atoms with E-state index < -0.39 is 0 Å². The Kier molecular flexibility index (Phi) is 16.0. The molecule has 0 aliphatic heterocycles. The van der Waals surface area contributed by atoms with Gasteiger partial charge in [-0.25, -0.2) is 0 Å². The second-order valence-corrected chi connectivity index (χ2v) is 4.06. The van der Waals surface area contributed by atoms with Crippen molar-refractivity contribution in [3.05, 3.63) is 0 Å². The van der Waals surface area contributed by atoms with Crippen LogP contribution < -0.4 is 5.32 Å². The monoisotopic (exact) mass is 217 g/mol. The van der Waals surface area contributed by atoms with Gasteiger partial charge >= 0.3 is 0 Å². The third kappa shape index (κ3) is 20.1. The zero-order valence-electron chi connectivity index (χ0n) is 11.6. The normalized spacial score (nSPS) is 10.4. The molecule has 0 aromatic heterocycles. The van der Waals surface area contributed by atoms with Crippen LogP contribution in [0.2, 0.25) is 0 Å². The van der Waals surface area contributed by atoms with Gasteiger partial charge in [0.05, 0.1) is 0 Å². The summed E-state index contributed by atoms with van der Waals surface area (Å²) in [4.78, 5) is 4.45. The van der Waals surface area contributed by atoms with Crippen molar-refractivity contribution >= 4 is 0 Å². The smallest absolute Gasteiger partial charge is 0.00127 e. The second kappa shape index (κ2) is 13.9. The standard InChI is InChI=1S/C10H25N3.C2H6/c1-12(2)9-5-7-11-8-6-10-13(3)4;1-2/h11H,5-10H2,1-4H3;1-2H3. The molecule has 0 atom stereocenters. The fourth-order valence-electron chi connectivity index (χ4n) is 1.17. The van der Waals surface area contributed by atoms with Crippen LogP contribution in [0.4, 0.5) is 0 Å². The van der Waals surface area contributed by atoms with E-state index in [0.717, 1.165) is 13.1 Å².